The van der Waals surface area contributed by atoms with Gasteiger partial charge in [-0.25, -0.2) is 0 Å². The Labute approximate surface area is 243 Å². The van der Waals surface area contributed by atoms with Crippen LogP contribution in [0, 0.1) is 0 Å². The highest BCUT2D eigenvalue weighted by atomic mass is 16.2. The maximum absolute atomic E-state index is 14.4. The third-order valence-corrected chi connectivity index (χ3v) is 9.04. The summed E-state index contributed by atoms with van der Waals surface area (Å²) in [5.41, 5.74) is 8.98. The van der Waals surface area contributed by atoms with E-state index in [1.165, 1.54) is 0 Å². The minimum absolute atomic E-state index is 0.0136. The zero-order chi connectivity index (χ0) is 28.8. The first kappa shape index (κ1) is 26.2. The quantitative estimate of drug-likeness (QED) is 0.383. The number of piperidine rings is 1. The second-order valence-corrected chi connectivity index (χ2v) is 11.3. The molecule has 212 valence electrons. The normalized spacial score (nSPS) is 19.4. The zero-order valence-corrected chi connectivity index (χ0v) is 23.1. The first-order chi connectivity index (χ1) is 20.5. The summed E-state index contributed by atoms with van der Waals surface area (Å²) >= 11 is 0. The van der Waals surface area contributed by atoms with Gasteiger partial charge in [-0.1, -0.05) is 30.3 Å². The fraction of sp³-hybridized carbons (Fsp3) is 0.312. The van der Waals surface area contributed by atoms with Crippen LogP contribution < -0.4 is 16.0 Å². The van der Waals surface area contributed by atoms with Gasteiger partial charge in [0.2, 0.25) is 11.8 Å². The van der Waals surface area contributed by atoms with E-state index in [0.29, 0.717) is 31.6 Å². The number of hydrogen-bond donors (Lipinski definition) is 2. The standard InChI is InChI=1S/C32H31N7O3/c33-29(40)24-8-7-21(17-36-24)28-22-5-2-1-4-20(22)16-37-26(28)19-39-27-18-34-13-9-23(27)32(31(39)42)10-14-38(15-11-32)30(41)25-6-3-12-35-25/h1-2,4-5,7-9,13,16-18,25,35H,3,6,10-12,14-15,19H2,(H2,33,40)/t25-/m0/s1. The SMILES string of the molecule is NC(=O)c1ccc(-c2c(CN3C(=O)C4(CCN(C(=O)[C@@H]5CCCN5)CC4)c4ccncc43)ncc3ccccc23)cn1. The fourth-order valence-corrected chi connectivity index (χ4v) is 6.84. The number of amides is 3. The summed E-state index contributed by atoms with van der Waals surface area (Å²) in [6.07, 6.45) is 9.95. The Balaban J connectivity index is 1.24. The third kappa shape index (κ3) is 4.21. The van der Waals surface area contributed by atoms with Crippen molar-refractivity contribution in [2.45, 2.75) is 43.7 Å². The van der Waals surface area contributed by atoms with Gasteiger partial charge in [-0.3, -0.25) is 29.3 Å². The Morgan fingerprint density at radius 2 is 1.86 bits per heavy atom. The number of benzene rings is 1. The molecule has 2 saturated heterocycles. The maximum atomic E-state index is 14.4. The van der Waals surface area contributed by atoms with Crippen molar-refractivity contribution in [3.05, 3.63) is 84.2 Å². The summed E-state index contributed by atoms with van der Waals surface area (Å²) in [4.78, 5) is 56.3. The number of primary amides is 1. The Hall–Kier alpha value is -4.70. The van der Waals surface area contributed by atoms with Crippen LogP contribution in [0.1, 0.15) is 47.4 Å². The molecule has 0 unspecified atom stereocenters. The van der Waals surface area contributed by atoms with Crippen LogP contribution in [-0.2, 0) is 21.5 Å². The summed E-state index contributed by atoms with van der Waals surface area (Å²) in [6.45, 7) is 2.19. The van der Waals surface area contributed by atoms with Crippen molar-refractivity contribution in [1.82, 2.24) is 25.2 Å². The molecule has 3 aromatic heterocycles. The van der Waals surface area contributed by atoms with E-state index in [4.69, 9.17) is 10.7 Å². The van der Waals surface area contributed by atoms with Crippen molar-refractivity contribution in [3.8, 4) is 11.1 Å². The largest absolute Gasteiger partial charge is 0.364 e. The number of nitrogens with zero attached hydrogens (tertiary/aromatic N) is 5. The van der Waals surface area contributed by atoms with Gasteiger partial charge < -0.3 is 20.9 Å². The summed E-state index contributed by atoms with van der Waals surface area (Å²) in [7, 11) is 0. The molecule has 3 amide bonds. The van der Waals surface area contributed by atoms with Crippen LogP contribution in [0.3, 0.4) is 0 Å². The number of fused-ring (bicyclic) bond motifs is 3. The Morgan fingerprint density at radius 1 is 1.02 bits per heavy atom. The molecule has 42 heavy (non-hydrogen) atoms. The molecule has 1 aromatic carbocycles. The van der Waals surface area contributed by atoms with Crippen LogP contribution in [0.5, 0.6) is 0 Å². The number of nitrogens with two attached hydrogens (primary N) is 1. The first-order valence-corrected chi connectivity index (χ1v) is 14.4. The van der Waals surface area contributed by atoms with Crippen molar-refractivity contribution in [2.75, 3.05) is 24.5 Å². The van der Waals surface area contributed by atoms with Crippen molar-refractivity contribution in [1.29, 1.82) is 0 Å². The molecular formula is C32H31N7O3. The van der Waals surface area contributed by atoms with Crippen LogP contribution in [0.25, 0.3) is 21.9 Å². The first-order valence-electron chi connectivity index (χ1n) is 14.4. The molecule has 3 aliphatic heterocycles. The maximum Gasteiger partial charge on any atom is 0.267 e. The molecule has 10 nitrogen and oxygen atoms in total. The second kappa shape index (κ2) is 10.3. The smallest absolute Gasteiger partial charge is 0.267 e. The Kier molecular flexibility index (Phi) is 6.42. The van der Waals surface area contributed by atoms with Gasteiger partial charge in [0, 0.05) is 48.2 Å². The second-order valence-electron chi connectivity index (χ2n) is 11.3. The lowest BCUT2D eigenvalue weighted by atomic mass is 9.74. The fourth-order valence-electron chi connectivity index (χ4n) is 6.84. The molecule has 3 N–H and O–H groups in total. The predicted octanol–water partition coefficient (Wildman–Crippen LogP) is 2.95. The molecular weight excluding hydrogens is 530 g/mol. The lowest BCUT2D eigenvalue weighted by Gasteiger charge is -2.39. The van der Waals surface area contributed by atoms with Crippen LogP contribution in [-0.4, -0.2) is 63.2 Å². The number of likely N-dealkylation sites (tertiary alicyclic amines) is 1. The number of hydrogen-bond acceptors (Lipinski definition) is 7. The minimum atomic E-state index is -0.708. The van der Waals surface area contributed by atoms with Crippen LogP contribution in [0.4, 0.5) is 5.69 Å². The number of anilines is 1. The van der Waals surface area contributed by atoms with Crippen molar-refractivity contribution >= 4 is 34.2 Å². The molecule has 0 radical (unpaired) electrons. The van der Waals surface area contributed by atoms with Gasteiger partial charge in [-0.2, -0.15) is 0 Å². The average Bonchev–Trinajstić information content (AvgIpc) is 3.64. The molecule has 0 aliphatic carbocycles. The van der Waals surface area contributed by atoms with E-state index in [1.54, 1.807) is 29.6 Å². The molecule has 0 saturated carbocycles. The highest BCUT2D eigenvalue weighted by Gasteiger charge is 2.53. The summed E-state index contributed by atoms with van der Waals surface area (Å²) in [6, 6.07) is 13.2. The van der Waals surface area contributed by atoms with Gasteiger partial charge in [-0.05, 0) is 55.3 Å². The Morgan fingerprint density at radius 3 is 2.60 bits per heavy atom. The van der Waals surface area contributed by atoms with Gasteiger partial charge in [-0.15, -0.1) is 0 Å². The van der Waals surface area contributed by atoms with E-state index in [-0.39, 0.29) is 30.1 Å². The van der Waals surface area contributed by atoms with Crippen molar-refractivity contribution in [3.63, 3.8) is 0 Å². The molecule has 7 rings (SSSR count). The van der Waals surface area contributed by atoms with Crippen LogP contribution in [0.2, 0.25) is 0 Å². The molecule has 1 spiro atoms. The average molecular weight is 562 g/mol. The lowest BCUT2D eigenvalue weighted by molar-refractivity contribution is -0.137. The molecule has 4 aromatic rings. The van der Waals surface area contributed by atoms with Gasteiger partial charge in [0.25, 0.3) is 5.91 Å². The Bertz CT molecular complexity index is 1710. The number of pyridine rings is 3. The van der Waals surface area contributed by atoms with E-state index in [2.05, 4.69) is 15.3 Å². The van der Waals surface area contributed by atoms with Gasteiger partial charge in [0.15, 0.2) is 0 Å². The van der Waals surface area contributed by atoms with Crippen LogP contribution >= 0.6 is 0 Å². The highest BCUT2D eigenvalue weighted by Crippen LogP contribution is 2.48. The van der Waals surface area contributed by atoms with Crippen molar-refractivity contribution < 1.29 is 14.4 Å². The number of rotatable bonds is 5. The molecule has 0 bridgehead atoms. The predicted molar refractivity (Wildman–Crippen MR) is 157 cm³/mol. The number of carbonyl (C=O) groups is 3. The van der Waals surface area contributed by atoms with E-state index < -0.39 is 11.3 Å². The van der Waals surface area contributed by atoms with E-state index in [9.17, 15) is 14.4 Å². The van der Waals surface area contributed by atoms with E-state index >= 15 is 0 Å². The van der Waals surface area contributed by atoms with Gasteiger partial charge in [0.05, 0.1) is 35.6 Å². The highest BCUT2D eigenvalue weighted by molar-refractivity contribution is 6.08. The van der Waals surface area contributed by atoms with Crippen LogP contribution in [0.15, 0.2) is 67.3 Å². The minimum Gasteiger partial charge on any atom is -0.364 e. The van der Waals surface area contributed by atoms with E-state index in [0.717, 1.165) is 52.5 Å². The molecule has 2 fully saturated rings. The summed E-state index contributed by atoms with van der Waals surface area (Å²) < 4.78 is 0. The summed E-state index contributed by atoms with van der Waals surface area (Å²) in [5.74, 6) is -0.442. The van der Waals surface area contributed by atoms with Gasteiger partial charge in [0.1, 0.15) is 5.69 Å². The molecule has 3 aliphatic rings. The van der Waals surface area contributed by atoms with E-state index in [1.807, 2.05) is 47.5 Å². The van der Waals surface area contributed by atoms with Gasteiger partial charge >= 0.3 is 0 Å². The molecule has 1 atom stereocenters. The number of aromatic nitrogens is 3. The topological polar surface area (TPSA) is 134 Å². The zero-order valence-electron chi connectivity index (χ0n) is 23.1. The molecule has 6 heterocycles. The van der Waals surface area contributed by atoms with Crippen molar-refractivity contribution in [2.24, 2.45) is 5.73 Å². The number of carbonyl (C=O) groups excluding carboxylic acids is 3. The summed E-state index contributed by atoms with van der Waals surface area (Å²) in [5, 5.41) is 5.23. The number of nitrogens with one attached hydrogen (secondary N) is 1. The lowest BCUT2D eigenvalue weighted by Crippen LogP contribution is -2.53. The monoisotopic (exact) mass is 561 g/mol. The third-order valence-electron chi connectivity index (χ3n) is 9.04. The molecule has 10 heteroatoms.